The van der Waals surface area contributed by atoms with Crippen LogP contribution in [0.4, 0.5) is 0 Å². The van der Waals surface area contributed by atoms with E-state index in [9.17, 15) is 9.59 Å². The van der Waals surface area contributed by atoms with Crippen molar-refractivity contribution in [1.82, 2.24) is 0 Å². The van der Waals surface area contributed by atoms with Gasteiger partial charge in [-0.3, -0.25) is 4.79 Å². The van der Waals surface area contributed by atoms with Crippen molar-refractivity contribution >= 4 is 12.6 Å². The zero-order valence-electron chi connectivity index (χ0n) is 9.01. The third kappa shape index (κ3) is 2.73. The van der Waals surface area contributed by atoms with E-state index < -0.39 is 0 Å². The lowest BCUT2D eigenvalue weighted by Gasteiger charge is -2.20. The molecule has 0 saturated heterocycles. The number of aldehydes is 2. The van der Waals surface area contributed by atoms with E-state index in [0.29, 0.717) is 12.0 Å². The minimum absolute atomic E-state index is 0.118. The molecular formula is C11H16O4. The second-order valence-corrected chi connectivity index (χ2v) is 3.62. The number of hydrogen-bond acceptors (Lipinski definition) is 4. The largest absolute Gasteiger partial charge is 0.356 e. The molecule has 1 aliphatic rings. The maximum absolute atomic E-state index is 10.9. The summed E-state index contributed by atoms with van der Waals surface area (Å²) in [6.45, 7) is 0. The van der Waals surface area contributed by atoms with Gasteiger partial charge in [0.1, 0.15) is 12.6 Å². The van der Waals surface area contributed by atoms with E-state index in [1.165, 1.54) is 0 Å². The summed E-state index contributed by atoms with van der Waals surface area (Å²) in [6, 6.07) is 0. The molecule has 0 bridgehead atoms. The molecule has 0 aromatic rings. The molecule has 4 heteroatoms. The van der Waals surface area contributed by atoms with Gasteiger partial charge in [0.15, 0.2) is 6.29 Å². The molecule has 1 rings (SSSR count). The first kappa shape index (κ1) is 12.1. The maximum atomic E-state index is 10.9. The van der Waals surface area contributed by atoms with Crippen molar-refractivity contribution in [2.45, 2.75) is 19.1 Å². The van der Waals surface area contributed by atoms with E-state index in [1.54, 1.807) is 14.2 Å². The zero-order chi connectivity index (χ0) is 11.3. The molecule has 84 valence electrons. The highest BCUT2D eigenvalue weighted by Gasteiger charge is 2.31. The fourth-order valence-electron chi connectivity index (χ4n) is 1.94. The zero-order valence-corrected chi connectivity index (χ0v) is 9.01. The normalized spacial score (nSPS) is 25.4. The number of carbonyl (C=O) groups is 2. The third-order valence-corrected chi connectivity index (χ3v) is 2.85. The first-order chi connectivity index (χ1) is 7.26. The lowest BCUT2D eigenvalue weighted by atomic mass is 9.90. The second-order valence-electron chi connectivity index (χ2n) is 3.62. The van der Waals surface area contributed by atoms with Gasteiger partial charge < -0.3 is 14.3 Å². The van der Waals surface area contributed by atoms with E-state index in [4.69, 9.17) is 9.47 Å². The molecule has 0 spiro atoms. The lowest BCUT2D eigenvalue weighted by Crippen LogP contribution is -2.22. The molecule has 2 atom stereocenters. The first-order valence-electron chi connectivity index (χ1n) is 4.92. The number of hydrogen-bond donors (Lipinski definition) is 0. The fourth-order valence-corrected chi connectivity index (χ4v) is 1.94. The van der Waals surface area contributed by atoms with Gasteiger partial charge in [-0.2, -0.15) is 0 Å². The third-order valence-electron chi connectivity index (χ3n) is 2.85. The fraction of sp³-hybridized carbons (Fsp3) is 0.636. The van der Waals surface area contributed by atoms with Crippen molar-refractivity contribution in [3.63, 3.8) is 0 Å². The minimum atomic E-state index is -0.308. The van der Waals surface area contributed by atoms with Crippen molar-refractivity contribution < 1.29 is 19.1 Å². The summed E-state index contributed by atoms with van der Waals surface area (Å²) in [6.07, 6.45) is 4.47. The second kappa shape index (κ2) is 5.78. The van der Waals surface area contributed by atoms with E-state index in [1.807, 2.05) is 6.08 Å². The summed E-state index contributed by atoms with van der Waals surface area (Å²) in [4.78, 5) is 21.5. The van der Waals surface area contributed by atoms with Crippen LogP contribution in [0, 0.1) is 11.8 Å². The molecule has 0 fully saturated rings. The molecule has 0 N–H and O–H groups in total. The van der Waals surface area contributed by atoms with Crippen LogP contribution in [0.15, 0.2) is 11.6 Å². The molecular weight excluding hydrogens is 196 g/mol. The SMILES string of the molecule is COC(C[C@@H]1CC=C(C=O)[C@H]1C=O)OC. The first-order valence-corrected chi connectivity index (χ1v) is 4.92. The van der Waals surface area contributed by atoms with Crippen molar-refractivity contribution in [1.29, 1.82) is 0 Å². The highest BCUT2D eigenvalue weighted by atomic mass is 16.7. The van der Waals surface area contributed by atoms with E-state index in [0.717, 1.165) is 19.0 Å². The van der Waals surface area contributed by atoms with Gasteiger partial charge in [-0.05, 0) is 17.9 Å². The summed E-state index contributed by atoms with van der Waals surface area (Å²) >= 11 is 0. The average molecular weight is 212 g/mol. The van der Waals surface area contributed by atoms with Crippen LogP contribution in [-0.2, 0) is 19.1 Å². The van der Waals surface area contributed by atoms with Crippen LogP contribution in [0.25, 0.3) is 0 Å². The Bertz CT molecular complexity index is 255. The van der Waals surface area contributed by atoms with Gasteiger partial charge in [-0.15, -0.1) is 0 Å². The standard InChI is InChI=1S/C11H16O4/c1-14-11(15-2)5-8-3-4-9(6-12)10(8)7-13/h4,6-8,10-11H,3,5H2,1-2H3/t8-,10-/m0/s1. The van der Waals surface area contributed by atoms with Gasteiger partial charge in [-0.25, -0.2) is 0 Å². The number of ether oxygens (including phenoxy) is 2. The summed E-state index contributed by atoms with van der Waals surface area (Å²) in [5.74, 6) is -0.178. The number of carbonyl (C=O) groups excluding carboxylic acids is 2. The topological polar surface area (TPSA) is 52.6 Å². The lowest BCUT2D eigenvalue weighted by molar-refractivity contribution is -0.122. The Balaban J connectivity index is 2.58. The van der Waals surface area contributed by atoms with E-state index >= 15 is 0 Å². The van der Waals surface area contributed by atoms with Crippen LogP contribution in [-0.4, -0.2) is 33.1 Å². The number of methoxy groups -OCH3 is 2. The smallest absolute Gasteiger partial charge is 0.157 e. The monoisotopic (exact) mass is 212 g/mol. The predicted molar refractivity (Wildman–Crippen MR) is 54.2 cm³/mol. The Labute approximate surface area is 89.2 Å². The van der Waals surface area contributed by atoms with Gasteiger partial charge >= 0.3 is 0 Å². The molecule has 0 unspecified atom stereocenters. The van der Waals surface area contributed by atoms with Crippen molar-refractivity contribution in [3.05, 3.63) is 11.6 Å². The van der Waals surface area contributed by atoms with Crippen molar-refractivity contribution in [2.75, 3.05) is 14.2 Å². The molecule has 4 nitrogen and oxygen atoms in total. The Morgan fingerprint density at radius 2 is 2.13 bits per heavy atom. The molecule has 0 heterocycles. The highest BCUT2D eigenvalue weighted by Crippen LogP contribution is 2.33. The highest BCUT2D eigenvalue weighted by molar-refractivity contribution is 5.82. The van der Waals surface area contributed by atoms with Crippen molar-refractivity contribution in [3.8, 4) is 0 Å². The van der Waals surface area contributed by atoms with Crippen LogP contribution < -0.4 is 0 Å². The molecule has 1 aliphatic carbocycles. The van der Waals surface area contributed by atoms with Crippen LogP contribution in [0.3, 0.4) is 0 Å². The Hall–Kier alpha value is -1.00. The van der Waals surface area contributed by atoms with Gasteiger partial charge in [0.05, 0.1) is 0 Å². The molecule has 0 aromatic heterocycles. The van der Waals surface area contributed by atoms with Gasteiger partial charge in [0.25, 0.3) is 0 Å². The van der Waals surface area contributed by atoms with Crippen LogP contribution in [0.5, 0.6) is 0 Å². The van der Waals surface area contributed by atoms with Crippen LogP contribution in [0.1, 0.15) is 12.8 Å². The maximum Gasteiger partial charge on any atom is 0.157 e. The molecule has 0 saturated carbocycles. The minimum Gasteiger partial charge on any atom is -0.356 e. The molecule has 0 aliphatic heterocycles. The van der Waals surface area contributed by atoms with Crippen molar-refractivity contribution in [2.24, 2.45) is 11.8 Å². The molecule has 15 heavy (non-hydrogen) atoms. The van der Waals surface area contributed by atoms with Gasteiger partial charge in [-0.1, -0.05) is 6.08 Å². The van der Waals surface area contributed by atoms with Crippen LogP contribution in [0.2, 0.25) is 0 Å². The molecule has 0 radical (unpaired) electrons. The summed E-state index contributed by atoms with van der Waals surface area (Å²) in [5.41, 5.74) is 0.584. The van der Waals surface area contributed by atoms with Crippen LogP contribution >= 0.6 is 0 Å². The molecule has 0 aromatic carbocycles. The number of allylic oxidation sites excluding steroid dienone is 2. The quantitative estimate of drug-likeness (QED) is 0.486. The van der Waals surface area contributed by atoms with Gasteiger partial charge in [0, 0.05) is 26.6 Å². The Kier molecular flexibility index (Phi) is 4.65. The van der Waals surface area contributed by atoms with Gasteiger partial charge in [0.2, 0.25) is 0 Å². The molecule has 0 amide bonds. The Morgan fingerprint density at radius 1 is 1.47 bits per heavy atom. The van der Waals surface area contributed by atoms with E-state index in [-0.39, 0.29) is 18.1 Å². The predicted octanol–water partition coefficient (Wildman–Crippen LogP) is 0.956. The number of rotatable bonds is 6. The summed E-state index contributed by atoms with van der Waals surface area (Å²) in [7, 11) is 3.13. The Morgan fingerprint density at radius 3 is 2.60 bits per heavy atom. The van der Waals surface area contributed by atoms with E-state index in [2.05, 4.69) is 0 Å². The summed E-state index contributed by atoms with van der Waals surface area (Å²) in [5, 5.41) is 0. The summed E-state index contributed by atoms with van der Waals surface area (Å²) < 4.78 is 10.1. The average Bonchev–Trinajstić information content (AvgIpc) is 2.67.